The number of hydrogen-bond donors (Lipinski definition) is 1. The number of carbonyl (C=O) groups excluding carboxylic acids is 6. The van der Waals surface area contributed by atoms with Crippen LogP contribution in [0, 0.1) is 23.7 Å². The van der Waals surface area contributed by atoms with Gasteiger partial charge in [0.05, 0.1) is 18.6 Å². The first-order valence-electron chi connectivity index (χ1n) is 16.0. The van der Waals surface area contributed by atoms with Gasteiger partial charge in [0, 0.05) is 38.2 Å². The fourth-order valence-electron chi connectivity index (χ4n) is 5.26. The van der Waals surface area contributed by atoms with Crippen LogP contribution in [-0.2, 0) is 61.9 Å². The third-order valence-electron chi connectivity index (χ3n) is 7.30. The first kappa shape index (κ1) is 40.2. The molecule has 0 spiro atoms. The Morgan fingerprint density at radius 2 is 1.48 bits per heavy atom. The minimum atomic E-state index is -2.31. The second kappa shape index (κ2) is 16.9. The van der Waals surface area contributed by atoms with Gasteiger partial charge in [-0.15, -0.1) is 0 Å². The number of rotatable bonds is 16. The molecule has 0 amide bonds. The molecule has 48 heavy (non-hydrogen) atoms. The van der Waals surface area contributed by atoms with Crippen LogP contribution >= 0.6 is 0 Å². The lowest BCUT2D eigenvalue weighted by atomic mass is 9.82. The van der Waals surface area contributed by atoms with Crippen LogP contribution in [0.2, 0.25) is 0 Å². The van der Waals surface area contributed by atoms with E-state index in [0.29, 0.717) is 0 Å². The average Bonchev–Trinajstić information content (AvgIpc) is 3.19. The number of hydrogen-bond acceptors (Lipinski definition) is 14. The number of ether oxygens (including phenoxy) is 7. The van der Waals surface area contributed by atoms with Gasteiger partial charge in [-0.05, 0) is 37.3 Å². The monoisotopic (exact) mass is 682 g/mol. The molecule has 1 N–H and O–H groups in total. The highest BCUT2D eigenvalue weighted by atomic mass is 16.7. The van der Waals surface area contributed by atoms with E-state index in [0.717, 1.165) is 0 Å². The smallest absolute Gasteiger partial charge is 0.347 e. The zero-order valence-corrected chi connectivity index (χ0v) is 29.5. The van der Waals surface area contributed by atoms with E-state index in [1.165, 1.54) is 40.0 Å². The van der Waals surface area contributed by atoms with Gasteiger partial charge in [0.1, 0.15) is 18.8 Å². The molecule has 0 radical (unpaired) electrons. The van der Waals surface area contributed by atoms with Crippen molar-refractivity contribution in [2.24, 2.45) is 23.7 Å². The quantitative estimate of drug-likeness (QED) is 0.184. The number of esters is 6. The molecular formula is C34H50O14. The van der Waals surface area contributed by atoms with Crippen molar-refractivity contribution in [2.75, 3.05) is 13.2 Å². The molecule has 0 aromatic heterocycles. The minimum absolute atomic E-state index is 0.0184. The van der Waals surface area contributed by atoms with Crippen molar-refractivity contribution in [3.63, 3.8) is 0 Å². The maximum Gasteiger partial charge on any atom is 0.347 e. The Hall–Kier alpha value is -3.94. The predicted molar refractivity (Wildman–Crippen MR) is 167 cm³/mol. The lowest BCUT2D eigenvalue weighted by molar-refractivity contribution is -0.220. The van der Waals surface area contributed by atoms with E-state index in [2.05, 4.69) is 0 Å². The van der Waals surface area contributed by atoms with Crippen molar-refractivity contribution >= 4 is 35.8 Å². The molecule has 270 valence electrons. The van der Waals surface area contributed by atoms with Crippen LogP contribution in [0.25, 0.3) is 0 Å². The fourth-order valence-corrected chi connectivity index (χ4v) is 5.26. The van der Waals surface area contributed by atoms with Crippen molar-refractivity contribution in [1.29, 1.82) is 0 Å². The molecule has 0 aromatic carbocycles. The number of fused-ring (bicyclic) bond motifs is 1. The molecule has 1 aliphatic heterocycles. The van der Waals surface area contributed by atoms with Crippen LogP contribution in [0.15, 0.2) is 23.5 Å². The van der Waals surface area contributed by atoms with Crippen molar-refractivity contribution < 1.29 is 67.0 Å². The Labute approximate surface area is 281 Å². The highest BCUT2D eigenvalue weighted by Crippen LogP contribution is 2.47. The third kappa shape index (κ3) is 11.6. The normalized spacial score (nSPS) is 22.5. The Morgan fingerprint density at radius 3 is 2.02 bits per heavy atom. The lowest BCUT2D eigenvalue weighted by Gasteiger charge is -2.40. The minimum Gasteiger partial charge on any atom is -0.461 e. The van der Waals surface area contributed by atoms with Gasteiger partial charge in [-0.2, -0.15) is 0 Å². The number of aliphatic hydroxyl groups is 1. The Balaban J connectivity index is 2.53. The van der Waals surface area contributed by atoms with E-state index >= 15 is 0 Å². The van der Waals surface area contributed by atoms with Gasteiger partial charge in [0.2, 0.25) is 6.10 Å². The molecule has 2 aliphatic rings. The van der Waals surface area contributed by atoms with Gasteiger partial charge in [0.25, 0.3) is 6.29 Å². The SMILES string of the molecule is CC(=O)OCC1=COC(OC(=O)CC(C)C)C2C1=CC(OC(=O)CC(C)(C)OC(C)=O)C2(O)COC(=O)C(OC(=O)CC(C)C)C(C)C. The molecule has 14 nitrogen and oxygen atoms in total. The van der Waals surface area contributed by atoms with E-state index < -0.39 is 90.4 Å². The summed E-state index contributed by atoms with van der Waals surface area (Å²) in [6.45, 7) is 14.8. The van der Waals surface area contributed by atoms with Crippen LogP contribution in [-0.4, -0.2) is 83.8 Å². The molecule has 5 atom stereocenters. The van der Waals surface area contributed by atoms with E-state index in [1.807, 2.05) is 27.7 Å². The zero-order chi connectivity index (χ0) is 36.6. The molecule has 0 saturated heterocycles. The molecule has 0 fully saturated rings. The highest BCUT2D eigenvalue weighted by molar-refractivity contribution is 5.80. The molecular weight excluding hydrogens is 632 g/mol. The first-order chi connectivity index (χ1) is 22.1. The van der Waals surface area contributed by atoms with Crippen molar-refractivity contribution in [3.05, 3.63) is 23.5 Å². The van der Waals surface area contributed by atoms with Crippen molar-refractivity contribution in [1.82, 2.24) is 0 Å². The van der Waals surface area contributed by atoms with E-state index in [9.17, 15) is 33.9 Å². The first-order valence-corrected chi connectivity index (χ1v) is 16.0. The van der Waals surface area contributed by atoms with E-state index in [-0.39, 0.29) is 42.4 Å². The van der Waals surface area contributed by atoms with Gasteiger partial charge in [-0.1, -0.05) is 41.5 Å². The van der Waals surface area contributed by atoms with Crippen LogP contribution in [0.1, 0.15) is 88.5 Å². The Morgan fingerprint density at radius 1 is 0.875 bits per heavy atom. The highest BCUT2D eigenvalue weighted by Gasteiger charge is 2.60. The predicted octanol–water partition coefficient (Wildman–Crippen LogP) is 3.47. The molecule has 2 rings (SSSR count). The van der Waals surface area contributed by atoms with Gasteiger partial charge >= 0.3 is 35.8 Å². The summed E-state index contributed by atoms with van der Waals surface area (Å²) in [5.41, 5.74) is -3.06. The Bertz CT molecular complexity index is 1280. The van der Waals surface area contributed by atoms with Crippen LogP contribution in [0.4, 0.5) is 0 Å². The molecule has 14 heteroatoms. The second-order valence-corrected chi connectivity index (χ2v) is 13.9. The van der Waals surface area contributed by atoms with Crippen molar-refractivity contribution in [2.45, 2.75) is 118 Å². The summed E-state index contributed by atoms with van der Waals surface area (Å²) in [4.78, 5) is 74.9. The summed E-state index contributed by atoms with van der Waals surface area (Å²) in [6.07, 6.45) is -2.06. The van der Waals surface area contributed by atoms with Crippen LogP contribution in [0.3, 0.4) is 0 Å². The Kier molecular flexibility index (Phi) is 14.2. The topological polar surface area (TPSA) is 187 Å². The summed E-state index contributed by atoms with van der Waals surface area (Å²) in [7, 11) is 0. The zero-order valence-electron chi connectivity index (χ0n) is 29.5. The van der Waals surface area contributed by atoms with Gasteiger partial charge in [-0.25, -0.2) is 4.79 Å². The molecule has 0 saturated carbocycles. The lowest BCUT2D eigenvalue weighted by Crippen LogP contribution is -2.56. The van der Waals surface area contributed by atoms with Gasteiger partial charge in [-0.3, -0.25) is 24.0 Å². The average molecular weight is 683 g/mol. The molecule has 0 bridgehead atoms. The van der Waals surface area contributed by atoms with E-state index in [1.54, 1.807) is 13.8 Å². The van der Waals surface area contributed by atoms with Gasteiger partial charge < -0.3 is 38.3 Å². The van der Waals surface area contributed by atoms with Gasteiger partial charge in [0.15, 0.2) is 11.7 Å². The largest absolute Gasteiger partial charge is 0.461 e. The maximum absolute atomic E-state index is 13.3. The number of carbonyl (C=O) groups is 6. The summed E-state index contributed by atoms with van der Waals surface area (Å²) in [6, 6.07) is 0. The standard InChI is InChI=1S/C34H50O14/c1-18(2)11-26(37)46-30(20(5)6)31(40)44-17-34(41)25(45-28(39)14-33(9,10)48-22(8)36)13-24-23(15-42-21(7)35)16-43-32(29(24)34)47-27(38)12-19(3)4/h13,16,18-20,25,29-30,32,41H,11-12,14-15,17H2,1-10H3. The summed E-state index contributed by atoms with van der Waals surface area (Å²) < 4.78 is 38.4. The molecule has 0 aromatic rings. The van der Waals surface area contributed by atoms with Crippen LogP contribution in [0.5, 0.6) is 0 Å². The summed E-state index contributed by atoms with van der Waals surface area (Å²) in [5.74, 6) is -6.24. The molecule has 1 heterocycles. The van der Waals surface area contributed by atoms with E-state index in [4.69, 9.17) is 33.2 Å². The fraction of sp³-hybridized carbons (Fsp3) is 0.706. The molecule has 1 aliphatic carbocycles. The summed E-state index contributed by atoms with van der Waals surface area (Å²) in [5, 5.41) is 12.4. The van der Waals surface area contributed by atoms with Crippen molar-refractivity contribution in [3.8, 4) is 0 Å². The maximum atomic E-state index is 13.3. The summed E-state index contributed by atoms with van der Waals surface area (Å²) >= 11 is 0. The third-order valence-corrected chi connectivity index (χ3v) is 7.30. The molecule has 5 unspecified atom stereocenters. The van der Waals surface area contributed by atoms with Crippen LogP contribution < -0.4 is 0 Å². The second-order valence-electron chi connectivity index (χ2n) is 13.9.